The first-order valence-corrected chi connectivity index (χ1v) is 5.37. The number of hydrogen-bond donors (Lipinski definition) is 4. The molecule has 5 N–H and O–H groups in total. The van der Waals surface area contributed by atoms with Crippen LogP contribution >= 0.6 is 0 Å². The molecule has 0 aliphatic carbocycles. The number of nitrogens with two attached hydrogens (primary N) is 1. The van der Waals surface area contributed by atoms with Gasteiger partial charge >= 0.3 is 0 Å². The maximum Gasteiger partial charge on any atom is 0.127 e. The number of aliphatic hydroxyl groups is 2. The number of nitrogen functional groups attached to an aromatic ring is 1. The number of anilines is 2. The lowest BCUT2D eigenvalue weighted by Gasteiger charge is -2.14. The standard InChI is InChI=1S/C12H15N3O2/c13-9-2-3-11-8(5-9)1-4-12(15-11)14-10(6-16)7-17/h1-5,10,16-17H,6-7,13H2,(H,14,15). The highest BCUT2D eigenvalue weighted by molar-refractivity contribution is 5.83. The summed E-state index contributed by atoms with van der Waals surface area (Å²) >= 11 is 0. The topological polar surface area (TPSA) is 91.4 Å². The van der Waals surface area contributed by atoms with E-state index in [1.54, 1.807) is 12.1 Å². The van der Waals surface area contributed by atoms with E-state index in [0.717, 1.165) is 10.9 Å². The van der Waals surface area contributed by atoms with Gasteiger partial charge < -0.3 is 21.3 Å². The molecule has 0 spiro atoms. The van der Waals surface area contributed by atoms with Crippen molar-refractivity contribution in [3.63, 3.8) is 0 Å². The van der Waals surface area contributed by atoms with Crippen LogP contribution in [0.2, 0.25) is 0 Å². The fraction of sp³-hybridized carbons (Fsp3) is 0.250. The molecule has 2 aromatic rings. The molecule has 0 atom stereocenters. The van der Waals surface area contributed by atoms with Crippen LogP contribution in [0.5, 0.6) is 0 Å². The van der Waals surface area contributed by atoms with Gasteiger partial charge in [-0.1, -0.05) is 0 Å². The minimum atomic E-state index is -0.395. The molecule has 1 aromatic heterocycles. The molecule has 0 saturated heterocycles. The largest absolute Gasteiger partial charge is 0.399 e. The van der Waals surface area contributed by atoms with E-state index >= 15 is 0 Å². The van der Waals surface area contributed by atoms with Crippen molar-refractivity contribution in [3.05, 3.63) is 30.3 Å². The van der Waals surface area contributed by atoms with Crippen molar-refractivity contribution >= 4 is 22.4 Å². The van der Waals surface area contributed by atoms with Crippen LogP contribution in [0.3, 0.4) is 0 Å². The summed E-state index contributed by atoms with van der Waals surface area (Å²) in [5, 5.41) is 21.8. The Kier molecular flexibility index (Phi) is 3.41. The first-order chi connectivity index (χ1) is 8.22. The van der Waals surface area contributed by atoms with E-state index < -0.39 is 6.04 Å². The Bertz CT molecular complexity index is 512. The second-order valence-corrected chi connectivity index (χ2v) is 3.86. The summed E-state index contributed by atoms with van der Waals surface area (Å²) in [6.45, 7) is -0.282. The lowest BCUT2D eigenvalue weighted by Crippen LogP contribution is -2.28. The zero-order valence-electron chi connectivity index (χ0n) is 9.30. The van der Waals surface area contributed by atoms with Crippen LogP contribution < -0.4 is 11.1 Å². The highest BCUT2D eigenvalue weighted by Crippen LogP contribution is 2.18. The monoisotopic (exact) mass is 233 g/mol. The molecule has 0 bridgehead atoms. The first kappa shape index (κ1) is 11.6. The zero-order valence-corrected chi connectivity index (χ0v) is 9.30. The molecule has 17 heavy (non-hydrogen) atoms. The van der Waals surface area contributed by atoms with Crippen LogP contribution in [0.4, 0.5) is 11.5 Å². The van der Waals surface area contributed by atoms with Crippen LogP contribution in [0, 0.1) is 0 Å². The van der Waals surface area contributed by atoms with E-state index in [4.69, 9.17) is 15.9 Å². The molecule has 0 aliphatic rings. The van der Waals surface area contributed by atoms with Crippen molar-refractivity contribution in [3.8, 4) is 0 Å². The highest BCUT2D eigenvalue weighted by Gasteiger charge is 2.06. The fourth-order valence-corrected chi connectivity index (χ4v) is 1.58. The second-order valence-electron chi connectivity index (χ2n) is 3.86. The molecule has 0 aliphatic heterocycles. The van der Waals surface area contributed by atoms with E-state index in [2.05, 4.69) is 10.3 Å². The van der Waals surface area contributed by atoms with Crippen LogP contribution in [-0.2, 0) is 0 Å². The molecule has 5 nitrogen and oxygen atoms in total. The van der Waals surface area contributed by atoms with Crippen molar-refractivity contribution in [1.29, 1.82) is 0 Å². The van der Waals surface area contributed by atoms with Gasteiger partial charge in [-0.3, -0.25) is 0 Å². The molecule has 0 amide bonds. The quantitative estimate of drug-likeness (QED) is 0.580. The smallest absolute Gasteiger partial charge is 0.127 e. The van der Waals surface area contributed by atoms with Crippen LogP contribution in [0.15, 0.2) is 30.3 Å². The van der Waals surface area contributed by atoms with Crippen LogP contribution in [0.25, 0.3) is 10.9 Å². The third kappa shape index (κ3) is 2.64. The highest BCUT2D eigenvalue weighted by atomic mass is 16.3. The SMILES string of the molecule is Nc1ccc2nc(NC(CO)CO)ccc2c1. The van der Waals surface area contributed by atoms with Gasteiger partial charge in [-0.05, 0) is 30.3 Å². The molecule has 0 unspecified atom stereocenters. The second kappa shape index (κ2) is 4.99. The number of fused-ring (bicyclic) bond motifs is 1. The fourth-order valence-electron chi connectivity index (χ4n) is 1.58. The third-order valence-electron chi connectivity index (χ3n) is 2.51. The normalized spacial score (nSPS) is 11.0. The van der Waals surface area contributed by atoms with Crippen molar-refractivity contribution in [2.75, 3.05) is 24.3 Å². The maximum absolute atomic E-state index is 8.97. The Morgan fingerprint density at radius 3 is 2.65 bits per heavy atom. The van der Waals surface area contributed by atoms with E-state index in [1.165, 1.54) is 0 Å². The maximum atomic E-state index is 8.97. The summed E-state index contributed by atoms with van der Waals surface area (Å²) in [5.41, 5.74) is 7.19. The number of aliphatic hydroxyl groups excluding tert-OH is 2. The molecule has 1 heterocycles. The number of benzene rings is 1. The Labute approximate surface area is 98.9 Å². The number of hydrogen-bond acceptors (Lipinski definition) is 5. The summed E-state index contributed by atoms with van der Waals surface area (Å²) in [6, 6.07) is 8.76. The number of nitrogens with zero attached hydrogens (tertiary/aromatic N) is 1. The van der Waals surface area contributed by atoms with Crippen molar-refractivity contribution in [1.82, 2.24) is 4.98 Å². The van der Waals surface area contributed by atoms with Crippen molar-refractivity contribution in [2.24, 2.45) is 0 Å². The van der Waals surface area contributed by atoms with Gasteiger partial charge in [0.15, 0.2) is 0 Å². The molecular formula is C12H15N3O2. The first-order valence-electron chi connectivity index (χ1n) is 5.37. The molecule has 5 heteroatoms. The minimum Gasteiger partial charge on any atom is -0.399 e. The van der Waals surface area contributed by atoms with Gasteiger partial charge in [-0.2, -0.15) is 0 Å². The molecule has 2 rings (SSSR count). The van der Waals surface area contributed by atoms with Crippen LogP contribution in [-0.4, -0.2) is 34.5 Å². The summed E-state index contributed by atoms with van der Waals surface area (Å²) in [6.07, 6.45) is 0. The average molecular weight is 233 g/mol. The Morgan fingerprint density at radius 2 is 1.94 bits per heavy atom. The summed E-state index contributed by atoms with van der Waals surface area (Å²) in [4.78, 5) is 4.36. The molecule has 0 saturated carbocycles. The Balaban J connectivity index is 2.28. The van der Waals surface area contributed by atoms with Gasteiger partial charge in [0.1, 0.15) is 5.82 Å². The van der Waals surface area contributed by atoms with Gasteiger partial charge in [-0.25, -0.2) is 4.98 Å². The van der Waals surface area contributed by atoms with Gasteiger partial charge in [0.25, 0.3) is 0 Å². The number of aromatic nitrogens is 1. The van der Waals surface area contributed by atoms with Crippen molar-refractivity contribution in [2.45, 2.75) is 6.04 Å². The number of pyridine rings is 1. The Hall–Kier alpha value is -1.85. The van der Waals surface area contributed by atoms with Gasteiger partial charge in [-0.15, -0.1) is 0 Å². The number of nitrogens with one attached hydrogen (secondary N) is 1. The zero-order chi connectivity index (χ0) is 12.3. The predicted molar refractivity (Wildman–Crippen MR) is 67.7 cm³/mol. The summed E-state index contributed by atoms with van der Waals surface area (Å²) < 4.78 is 0. The number of rotatable bonds is 4. The van der Waals surface area contributed by atoms with Crippen LogP contribution in [0.1, 0.15) is 0 Å². The van der Waals surface area contributed by atoms with Gasteiger partial charge in [0, 0.05) is 11.1 Å². The molecule has 0 radical (unpaired) electrons. The summed E-state index contributed by atoms with van der Waals surface area (Å²) in [5.74, 6) is 0.621. The van der Waals surface area contributed by atoms with Crippen molar-refractivity contribution < 1.29 is 10.2 Å². The third-order valence-corrected chi connectivity index (χ3v) is 2.51. The van der Waals surface area contributed by atoms with E-state index in [1.807, 2.05) is 18.2 Å². The predicted octanol–water partition coefficient (Wildman–Crippen LogP) is 0.582. The van der Waals surface area contributed by atoms with E-state index in [-0.39, 0.29) is 13.2 Å². The van der Waals surface area contributed by atoms with Gasteiger partial charge in [0.05, 0.1) is 24.8 Å². The van der Waals surface area contributed by atoms with Gasteiger partial charge in [0.2, 0.25) is 0 Å². The molecule has 0 fully saturated rings. The average Bonchev–Trinajstić information content (AvgIpc) is 2.36. The lowest BCUT2D eigenvalue weighted by molar-refractivity contribution is 0.203. The van der Waals surface area contributed by atoms with E-state index in [9.17, 15) is 0 Å². The Morgan fingerprint density at radius 1 is 1.18 bits per heavy atom. The summed E-state index contributed by atoms with van der Waals surface area (Å²) in [7, 11) is 0. The molecule has 1 aromatic carbocycles. The molecule has 90 valence electrons. The molecular weight excluding hydrogens is 218 g/mol. The lowest BCUT2D eigenvalue weighted by atomic mass is 10.2. The van der Waals surface area contributed by atoms with E-state index in [0.29, 0.717) is 11.5 Å². The minimum absolute atomic E-state index is 0.141.